The smallest absolute Gasteiger partial charge is 0.296 e. The number of aromatic nitrogens is 2. The highest BCUT2D eigenvalue weighted by Crippen LogP contribution is 2.41. The maximum atomic E-state index is 13.4. The molecule has 0 spiro atoms. The molecule has 0 bridgehead atoms. The minimum atomic E-state index is -0.366. The fourth-order valence-corrected chi connectivity index (χ4v) is 5.08. The molecule has 1 aromatic heterocycles. The molecule has 1 amide bonds. The number of rotatable bonds is 6. The third kappa shape index (κ3) is 3.88. The second kappa shape index (κ2) is 9.40. The first-order valence-electron chi connectivity index (χ1n) is 10.2. The van der Waals surface area contributed by atoms with Gasteiger partial charge in [0.15, 0.2) is 15.8 Å². The van der Waals surface area contributed by atoms with E-state index >= 15 is 0 Å². The number of methoxy groups -OCH3 is 3. The molecule has 0 atom stereocenters. The van der Waals surface area contributed by atoms with E-state index in [0.29, 0.717) is 39.1 Å². The number of hydrogen-bond acceptors (Lipinski definition) is 7. The molecule has 1 aliphatic heterocycles. The largest absolute Gasteiger partial charge is 0.493 e. The highest BCUT2D eigenvalue weighted by atomic mass is 32.2. The lowest BCUT2D eigenvalue weighted by molar-refractivity contribution is -0.113. The normalized spacial score (nSPS) is 14.7. The van der Waals surface area contributed by atoms with Gasteiger partial charge >= 0.3 is 0 Å². The second-order valence-electron chi connectivity index (χ2n) is 7.39. The molecule has 8 nitrogen and oxygen atoms in total. The van der Waals surface area contributed by atoms with E-state index in [1.54, 1.807) is 36.9 Å². The molecule has 34 heavy (non-hydrogen) atoms. The average Bonchev–Trinajstić information content (AvgIpc) is 3.23. The Hall–Kier alpha value is -3.50. The second-order valence-corrected chi connectivity index (χ2v) is 9.06. The van der Waals surface area contributed by atoms with Gasteiger partial charge in [0, 0.05) is 7.05 Å². The number of carbonyl (C=O) groups is 1. The molecule has 0 aliphatic carbocycles. The number of thioether (sulfide) groups is 1. The van der Waals surface area contributed by atoms with Crippen LogP contribution < -0.4 is 24.7 Å². The lowest BCUT2D eigenvalue weighted by Crippen LogP contribution is -2.33. The van der Waals surface area contributed by atoms with Crippen molar-refractivity contribution >= 4 is 46.0 Å². The van der Waals surface area contributed by atoms with E-state index in [4.69, 9.17) is 26.4 Å². The van der Waals surface area contributed by atoms with E-state index in [0.717, 1.165) is 11.8 Å². The van der Waals surface area contributed by atoms with E-state index in [2.05, 4.69) is 0 Å². The molecule has 0 saturated carbocycles. The van der Waals surface area contributed by atoms with Crippen LogP contribution in [0.4, 0.5) is 5.69 Å². The molecule has 4 rings (SSSR count). The maximum absolute atomic E-state index is 13.4. The number of hydrogen-bond donors (Lipinski definition) is 0. The molecule has 0 unspecified atom stereocenters. The van der Waals surface area contributed by atoms with Crippen molar-refractivity contribution in [1.29, 1.82) is 0 Å². The first kappa shape index (κ1) is 23.7. The van der Waals surface area contributed by atoms with E-state index in [9.17, 15) is 9.59 Å². The van der Waals surface area contributed by atoms with Crippen LogP contribution in [-0.2, 0) is 11.8 Å². The van der Waals surface area contributed by atoms with Crippen LogP contribution in [-0.4, -0.2) is 40.9 Å². The number of ether oxygens (including phenoxy) is 3. The molecule has 176 valence electrons. The average molecular weight is 498 g/mol. The van der Waals surface area contributed by atoms with Crippen molar-refractivity contribution < 1.29 is 19.0 Å². The van der Waals surface area contributed by atoms with Gasteiger partial charge in [-0.25, -0.2) is 4.68 Å². The van der Waals surface area contributed by atoms with Gasteiger partial charge in [-0.3, -0.25) is 19.2 Å². The Morgan fingerprint density at radius 2 is 1.59 bits per heavy atom. The van der Waals surface area contributed by atoms with Gasteiger partial charge < -0.3 is 14.2 Å². The highest BCUT2D eigenvalue weighted by Gasteiger charge is 2.37. The van der Waals surface area contributed by atoms with Gasteiger partial charge in [-0.2, -0.15) is 0 Å². The number of thiocarbonyl (C=S) groups is 1. The summed E-state index contributed by atoms with van der Waals surface area (Å²) in [6.07, 6.45) is 1.69. The Morgan fingerprint density at radius 3 is 2.15 bits per heavy atom. The van der Waals surface area contributed by atoms with E-state index in [-0.39, 0.29) is 21.5 Å². The van der Waals surface area contributed by atoms with Crippen LogP contribution in [0, 0.1) is 6.92 Å². The molecule has 1 fully saturated rings. The van der Waals surface area contributed by atoms with Crippen molar-refractivity contribution in [1.82, 2.24) is 9.36 Å². The van der Waals surface area contributed by atoms with Crippen molar-refractivity contribution in [2.24, 2.45) is 7.05 Å². The molecule has 10 heteroatoms. The third-order valence-corrected chi connectivity index (χ3v) is 6.83. The lowest BCUT2D eigenvalue weighted by atomic mass is 10.1. The number of anilines is 1. The third-order valence-electron chi connectivity index (χ3n) is 5.53. The molecule has 2 heterocycles. The number of benzene rings is 2. The van der Waals surface area contributed by atoms with Crippen LogP contribution in [0.5, 0.6) is 17.2 Å². The van der Waals surface area contributed by atoms with Crippen LogP contribution in [0.3, 0.4) is 0 Å². The zero-order valence-corrected chi connectivity index (χ0v) is 21.0. The topological polar surface area (TPSA) is 74.9 Å². The van der Waals surface area contributed by atoms with Crippen LogP contribution in [0.1, 0.15) is 11.3 Å². The summed E-state index contributed by atoms with van der Waals surface area (Å²) in [5, 5.41) is 0. The van der Waals surface area contributed by atoms with Gasteiger partial charge in [0.25, 0.3) is 11.5 Å². The summed E-state index contributed by atoms with van der Waals surface area (Å²) in [6, 6.07) is 12.7. The number of para-hydroxylation sites is 1. The van der Waals surface area contributed by atoms with Crippen LogP contribution in [0.25, 0.3) is 11.8 Å². The fraction of sp³-hybridized carbons (Fsp3) is 0.208. The van der Waals surface area contributed by atoms with E-state index in [1.807, 2.05) is 30.3 Å². The van der Waals surface area contributed by atoms with Crippen LogP contribution in [0.15, 0.2) is 52.2 Å². The number of carbonyl (C=O) groups excluding carboxylic acids is 1. The zero-order valence-electron chi connectivity index (χ0n) is 19.3. The quantitative estimate of drug-likeness (QED) is 0.378. The molecular weight excluding hydrogens is 474 g/mol. The zero-order chi connectivity index (χ0) is 24.6. The predicted octanol–water partition coefficient (Wildman–Crippen LogP) is 3.92. The van der Waals surface area contributed by atoms with Gasteiger partial charge in [-0.15, -0.1) is 0 Å². The molecule has 0 N–H and O–H groups in total. The van der Waals surface area contributed by atoms with Gasteiger partial charge in [-0.1, -0.05) is 42.2 Å². The summed E-state index contributed by atoms with van der Waals surface area (Å²) in [7, 11) is 6.35. The first-order valence-corrected chi connectivity index (χ1v) is 11.5. The van der Waals surface area contributed by atoms with Crippen molar-refractivity contribution in [2.45, 2.75) is 6.92 Å². The van der Waals surface area contributed by atoms with Gasteiger partial charge in [0.05, 0.1) is 37.6 Å². The molecule has 2 aromatic carbocycles. The molecular formula is C24H23N3O5S2. The summed E-state index contributed by atoms with van der Waals surface area (Å²) < 4.78 is 19.7. The summed E-state index contributed by atoms with van der Waals surface area (Å²) in [6.45, 7) is 1.79. The monoisotopic (exact) mass is 497 g/mol. The Bertz CT molecular complexity index is 1350. The minimum Gasteiger partial charge on any atom is -0.493 e. The van der Waals surface area contributed by atoms with E-state index in [1.165, 1.54) is 30.9 Å². The predicted molar refractivity (Wildman–Crippen MR) is 137 cm³/mol. The molecule has 0 radical (unpaired) electrons. The standard InChI is InChI=1S/C24H23N3O5S2/c1-14-20(23(29)27(25(14)2)16-9-7-6-8-10-16)26-22(28)19(34-24(26)33)13-15-11-17(30-3)21(32-5)18(12-15)31-4/h6-13H,1-5H3/b19-13+. The molecule has 1 saturated heterocycles. The van der Waals surface area contributed by atoms with Crippen molar-refractivity contribution in [3.8, 4) is 22.9 Å². The Kier molecular flexibility index (Phi) is 6.54. The number of amides is 1. The van der Waals surface area contributed by atoms with Crippen LogP contribution in [0.2, 0.25) is 0 Å². The van der Waals surface area contributed by atoms with Crippen molar-refractivity contribution in [3.63, 3.8) is 0 Å². The highest BCUT2D eigenvalue weighted by molar-refractivity contribution is 8.27. The summed E-state index contributed by atoms with van der Waals surface area (Å²) in [5.41, 5.74) is 1.90. The Labute approximate surface area is 206 Å². The minimum absolute atomic E-state index is 0.238. The van der Waals surface area contributed by atoms with E-state index < -0.39 is 0 Å². The van der Waals surface area contributed by atoms with Gasteiger partial charge in [0.2, 0.25) is 5.75 Å². The summed E-state index contributed by atoms with van der Waals surface area (Å²) in [5.74, 6) is 1.02. The Balaban J connectivity index is 1.77. The SMILES string of the molecule is COc1cc(/C=C2/SC(=S)N(c3c(C)n(C)n(-c4ccccc4)c3=O)C2=O)cc(OC)c1OC. The Morgan fingerprint density at radius 1 is 0.971 bits per heavy atom. The molecule has 3 aromatic rings. The lowest BCUT2D eigenvalue weighted by Gasteiger charge is -2.13. The van der Waals surface area contributed by atoms with Gasteiger partial charge in [0.1, 0.15) is 5.69 Å². The summed E-state index contributed by atoms with van der Waals surface area (Å²) in [4.78, 5) is 28.5. The summed E-state index contributed by atoms with van der Waals surface area (Å²) >= 11 is 6.65. The van der Waals surface area contributed by atoms with Crippen molar-refractivity contribution in [2.75, 3.05) is 26.2 Å². The van der Waals surface area contributed by atoms with Crippen molar-refractivity contribution in [3.05, 3.63) is 69.0 Å². The van der Waals surface area contributed by atoms with Gasteiger partial charge in [-0.05, 0) is 42.8 Å². The maximum Gasteiger partial charge on any atom is 0.296 e. The first-order chi connectivity index (χ1) is 16.3. The number of nitrogens with zero attached hydrogens (tertiary/aromatic N) is 3. The molecule has 1 aliphatic rings. The van der Waals surface area contributed by atoms with Crippen LogP contribution >= 0.6 is 24.0 Å². The fourth-order valence-electron chi connectivity index (χ4n) is 3.81.